The molecule has 0 aliphatic carbocycles. The monoisotopic (exact) mass is 499 g/mol. The number of nitro benzene ring substituents is 1. The first-order chi connectivity index (χ1) is 16.8. The van der Waals surface area contributed by atoms with Gasteiger partial charge in [0.25, 0.3) is 11.6 Å². The molecule has 2 fully saturated rings. The number of hydrogen-bond acceptors (Lipinski definition) is 8. The summed E-state index contributed by atoms with van der Waals surface area (Å²) in [5.74, 6) is -1.45. The quantitative estimate of drug-likeness (QED) is 0.187. The molecule has 182 valence electrons. The number of fused-ring (bicyclic) bond motifs is 1. The number of para-hydroxylation sites is 1. The van der Waals surface area contributed by atoms with Crippen molar-refractivity contribution in [2.45, 2.75) is 24.1 Å². The maximum Gasteiger partial charge on any atom is 0.333 e. The summed E-state index contributed by atoms with van der Waals surface area (Å²) in [5, 5.41) is 12.4. The number of non-ortho nitro benzene ring substituents is 1. The van der Waals surface area contributed by atoms with Gasteiger partial charge in [0.15, 0.2) is 12.6 Å². The van der Waals surface area contributed by atoms with E-state index in [0.717, 1.165) is 4.90 Å². The highest BCUT2D eigenvalue weighted by Gasteiger charge is 2.59. The third-order valence-electron chi connectivity index (χ3n) is 5.52. The molecule has 2 aliphatic rings. The Morgan fingerprint density at radius 2 is 1.86 bits per heavy atom. The lowest BCUT2D eigenvalue weighted by molar-refractivity contribution is -0.384. The van der Waals surface area contributed by atoms with Crippen LogP contribution < -0.4 is 10.1 Å². The number of β-lactam (4-membered cyclic amide) rings is 1. The second-order valence-electron chi connectivity index (χ2n) is 7.90. The molecule has 4 atom stereocenters. The van der Waals surface area contributed by atoms with E-state index in [0.29, 0.717) is 11.3 Å². The Morgan fingerprint density at radius 3 is 2.51 bits per heavy atom. The van der Waals surface area contributed by atoms with Crippen LogP contribution in [0.15, 0.2) is 66.7 Å². The van der Waals surface area contributed by atoms with Crippen LogP contribution in [0.1, 0.15) is 5.56 Å². The van der Waals surface area contributed by atoms with Gasteiger partial charge in [0.1, 0.15) is 23.8 Å². The van der Waals surface area contributed by atoms with Crippen molar-refractivity contribution in [2.75, 3.05) is 12.4 Å². The first-order valence-corrected chi connectivity index (χ1v) is 11.9. The summed E-state index contributed by atoms with van der Waals surface area (Å²) in [6.07, 6.45) is 0. The van der Waals surface area contributed by atoms with Crippen LogP contribution in [0.2, 0.25) is 0 Å². The van der Waals surface area contributed by atoms with Crippen molar-refractivity contribution in [1.82, 2.24) is 10.2 Å². The predicted molar refractivity (Wildman–Crippen MR) is 123 cm³/mol. The Morgan fingerprint density at radius 1 is 1.17 bits per heavy atom. The smallest absolute Gasteiger partial charge is 0.333 e. The average molecular weight is 500 g/mol. The van der Waals surface area contributed by atoms with Gasteiger partial charge in [-0.3, -0.25) is 23.9 Å². The van der Waals surface area contributed by atoms with Crippen molar-refractivity contribution in [2.24, 2.45) is 0 Å². The minimum Gasteiger partial charge on any atom is -0.484 e. The standard InChI is InChI=1S/C23H21N3O8S/c1-14-13-35(32)22-19(24-18(27)12-33-17-5-3-2-4-6-17)21(28)25(22)20(14)23(29)34-11-15-7-9-16(10-8-15)26(30)31/h2-10,19-20,22H,1,11-13H2,(H,24,27)/t19-,20-,22-,35-/m0/s1. The topological polar surface area (TPSA) is 145 Å². The normalized spacial score (nSPS) is 23.0. The van der Waals surface area contributed by atoms with Crippen LogP contribution in [0.5, 0.6) is 5.75 Å². The van der Waals surface area contributed by atoms with Gasteiger partial charge in [-0.05, 0) is 35.4 Å². The van der Waals surface area contributed by atoms with E-state index in [1.807, 2.05) is 0 Å². The highest BCUT2D eigenvalue weighted by Crippen LogP contribution is 2.34. The van der Waals surface area contributed by atoms with E-state index in [-0.39, 0.29) is 30.2 Å². The van der Waals surface area contributed by atoms with Gasteiger partial charge >= 0.3 is 5.97 Å². The van der Waals surface area contributed by atoms with E-state index < -0.39 is 51.0 Å². The first kappa shape index (κ1) is 24.1. The van der Waals surface area contributed by atoms with Crippen LogP contribution >= 0.6 is 0 Å². The van der Waals surface area contributed by atoms with Crippen molar-refractivity contribution in [3.63, 3.8) is 0 Å². The predicted octanol–water partition coefficient (Wildman–Crippen LogP) is 1.06. The van der Waals surface area contributed by atoms with Crippen LogP contribution in [0.25, 0.3) is 0 Å². The van der Waals surface area contributed by atoms with E-state index >= 15 is 0 Å². The third kappa shape index (κ3) is 5.06. The van der Waals surface area contributed by atoms with Gasteiger partial charge in [0.05, 0.1) is 15.7 Å². The van der Waals surface area contributed by atoms with Crippen LogP contribution in [-0.4, -0.2) is 61.6 Å². The Bertz CT molecular complexity index is 1200. The van der Waals surface area contributed by atoms with E-state index in [2.05, 4.69) is 11.9 Å². The molecule has 2 aromatic carbocycles. The number of esters is 1. The molecule has 2 amide bonds. The summed E-state index contributed by atoms with van der Waals surface area (Å²) in [7, 11) is -1.57. The number of benzene rings is 2. The van der Waals surface area contributed by atoms with E-state index in [4.69, 9.17) is 9.47 Å². The van der Waals surface area contributed by atoms with Gasteiger partial charge < -0.3 is 19.7 Å². The number of nitrogens with zero attached hydrogens (tertiary/aromatic N) is 2. The van der Waals surface area contributed by atoms with Crippen LogP contribution in [0, 0.1) is 10.1 Å². The number of hydrogen-bond donors (Lipinski definition) is 1. The summed E-state index contributed by atoms with van der Waals surface area (Å²) < 4.78 is 23.4. The molecular weight excluding hydrogens is 478 g/mol. The van der Waals surface area contributed by atoms with Gasteiger partial charge in [-0.2, -0.15) is 0 Å². The number of nitro groups is 1. The number of nitrogens with one attached hydrogen (secondary N) is 1. The molecule has 0 bridgehead atoms. The molecule has 35 heavy (non-hydrogen) atoms. The molecule has 4 rings (SSSR count). The zero-order chi connectivity index (χ0) is 25.1. The van der Waals surface area contributed by atoms with Gasteiger partial charge in [-0.15, -0.1) is 0 Å². The van der Waals surface area contributed by atoms with E-state index in [1.165, 1.54) is 24.3 Å². The molecule has 2 saturated heterocycles. The molecule has 0 saturated carbocycles. The number of amides is 2. The molecule has 0 unspecified atom stereocenters. The fraction of sp³-hybridized carbons (Fsp3) is 0.261. The maximum atomic E-state index is 12.8. The zero-order valence-corrected chi connectivity index (χ0v) is 19.1. The molecule has 2 aliphatic heterocycles. The Hall–Kier alpha value is -4.06. The van der Waals surface area contributed by atoms with Crippen LogP contribution in [-0.2, 0) is 36.5 Å². The Kier molecular flexibility index (Phi) is 6.92. The third-order valence-corrected chi connectivity index (χ3v) is 7.22. The SMILES string of the molecule is C=C1C[S@](=O)[C@H]2[C@@H](NC(=O)COc3ccccc3)C(=O)N2[C@@H]1C(=O)OCc1ccc([N+](=O)[O-])cc1. The molecule has 2 heterocycles. The highest BCUT2D eigenvalue weighted by molar-refractivity contribution is 7.86. The number of ether oxygens (including phenoxy) is 2. The molecule has 1 N–H and O–H groups in total. The largest absolute Gasteiger partial charge is 0.484 e. The summed E-state index contributed by atoms with van der Waals surface area (Å²) in [6, 6.07) is 11.9. The highest BCUT2D eigenvalue weighted by atomic mass is 32.2. The van der Waals surface area contributed by atoms with Crippen LogP contribution in [0.3, 0.4) is 0 Å². The lowest BCUT2D eigenvalue weighted by atomic mass is 9.98. The van der Waals surface area contributed by atoms with Crippen molar-refractivity contribution < 1.29 is 33.0 Å². The van der Waals surface area contributed by atoms with Gasteiger partial charge in [0.2, 0.25) is 5.91 Å². The minimum absolute atomic E-state index is 0.0291. The van der Waals surface area contributed by atoms with Gasteiger partial charge in [-0.25, -0.2) is 4.79 Å². The van der Waals surface area contributed by atoms with E-state index in [9.17, 15) is 28.7 Å². The van der Waals surface area contributed by atoms with Crippen molar-refractivity contribution in [3.05, 3.63) is 82.4 Å². The molecule has 2 aromatic rings. The molecular formula is C23H21N3O8S. The number of rotatable bonds is 8. The maximum absolute atomic E-state index is 12.8. The van der Waals surface area contributed by atoms with Gasteiger partial charge in [0, 0.05) is 17.9 Å². The lowest BCUT2D eigenvalue weighted by Crippen LogP contribution is -2.77. The van der Waals surface area contributed by atoms with Gasteiger partial charge in [-0.1, -0.05) is 24.8 Å². The van der Waals surface area contributed by atoms with E-state index in [1.54, 1.807) is 30.3 Å². The number of carbonyl (C=O) groups excluding carboxylic acids is 3. The second kappa shape index (κ2) is 10.1. The first-order valence-electron chi connectivity index (χ1n) is 10.5. The average Bonchev–Trinajstić information content (AvgIpc) is 2.85. The summed E-state index contributed by atoms with van der Waals surface area (Å²) in [5.41, 5.74) is 0.683. The summed E-state index contributed by atoms with van der Waals surface area (Å²) in [4.78, 5) is 49.2. The second-order valence-corrected chi connectivity index (χ2v) is 9.43. The number of carbonyl (C=O) groups is 3. The summed E-state index contributed by atoms with van der Waals surface area (Å²) in [6.45, 7) is 3.28. The fourth-order valence-corrected chi connectivity index (χ4v) is 5.49. The zero-order valence-electron chi connectivity index (χ0n) is 18.3. The molecule has 0 spiro atoms. The summed E-state index contributed by atoms with van der Waals surface area (Å²) >= 11 is 0. The Balaban J connectivity index is 1.36. The lowest BCUT2D eigenvalue weighted by Gasteiger charge is -2.52. The Labute approximate surface area is 202 Å². The molecule has 0 aromatic heterocycles. The van der Waals surface area contributed by atoms with Crippen molar-refractivity contribution in [1.29, 1.82) is 0 Å². The molecule has 0 radical (unpaired) electrons. The van der Waals surface area contributed by atoms with Crippen molar-refractivity contribution >= 4 is 34.3 Å². The minimum atomic E-state index is -1.57. The fourth-order valence-electron chi connectivity index (χ4n) is 3.82. The van der Waals surface area contributed by atoms with Crippen LogP contribution in [0.4, 0.5) is 5.69 Å². The molecule has 11 nitrogen and oxygen atoms in total. The molecule has 12 heteroatoms. The van der Waals surface area contributed by atoms with Crippen molar-refractivity contribution in [3.8, 4) is 5.75 Å².